The zero-order valence-electron chi connectivity index (χ0n) is 16.0. The van der Waals surface area contributed by atoms with Crippen molar-refractivity contribution in [3.8, 4) is 0 Å². The van der Waals surface area contributed by atoms with Crippen LogP contribution in [0.4, 0.5) is 0 Å². The fraction of sp³-hybridized carbons (Fsp3) is 0.900. The summed E-state index contributed by atoms with van der Waals surface area (Å²) in [5.41, 5.74) is 0.346. The van der Waals surface area contributed by atoms with Gasteiger partial charge in [-0.3, -0.25) is 9.59 Å². The van der Waals surface area contributed by atoms with Gasteiger partial charge in [-0.2, -0.15) is 0 Å². The number of nitrogens with one attached hydrogen (secondary N) is 2. The molecule has 6 nitrogen and oxygen atoms in total. The Kier molecular flexibility index (Phi) is 5.25. The molecule has 27 heavy (non-hydrogen) atoms. The number of sulfone groups is 1. The molecule has 3 aliphatic carbocycles. The van der Waals surface area contributed by atoms with Crippen LogP contribution in [0.2, 0.25) is 0 Å². The summed E-state index contributed by atoms with van der Waals surface area (Å²) in [6, 6.07) is 0.0120. The summed E-state index contributed by atoms with van der Waals surface area (Å²) >= 11 is 0. The summed E-state index contributed by atoms with van der Waals surface area (Å²) in [6.07, 6.45) is 11.3. The fourth-order valence-corrected chi connectivity index (χ4v) is 7.29. The molecule has 7 heteroatoms. The van der Waals surface area contributed by atoms with Crippen molar-refractivity contribution in [1.82, 2.24) is 10.6 Å². The number of carbonyl (C=O) groups excluding carboxylic acids is 2. The first-order chi connectivity index (χ1) is 12.9. The Labute approximate surface area is 162 Å². The summed E-state index contributed by atoms with van der Waals surface area (Å²) < 4.78 is 23.3. The quantitative estimate of drug-likeness (QED) is 0.759. The summed E-state index contributed by atoms with van der Waals surface area (Å²) in [7, 11) is -3.02. The largest absolute Gasteiger partial charge is 0.353 e. The summed E-state index contributed by atoms with van der Waals surface area (Å²) in [5.74, 6) is -0.481. The van der Waals surface area contributed by atoms with E-state index in [0.717, 1.165) is 32.1 Å². The van der Waals surface area contributed by atoms with Gasteiger partial charge in [-0.25, -0.2) is 8.42 Å². The minimum atomic E-state index is -3.02. The molecule has 152 valence electrons. The first-order valence-corrected chi connectivity index (χ1v) is 12.5. The van der Waals surface area contributed by atoms with Gasteiger partial charge >= 0.3 is 0 Å². The molecule has 0 aromatic heterocycles. The van der Waals surface area contributed by atoms with E-state index in [2.05, 4.69) is 10.6 Å². The van der Waals surface area contributed by atoms with Gasteiger partial charge in [-0.05, 0) is 43.9 Å². The molecule has 4 atom stereocenters. The van der Waals surface area contributed by atoms with Gasteiger partial charge in [0.05, 0.1) is 11.5 Å². The predicted molar refractivity (Wildman–Crippen MR) is 103 cm³/mol. The minimum Gasteiger partial charge on any atom is -0.353 e. The monoisotopic (exact) mass is 396 g/mol. The Morgan fingerprint density at radius 1 is 0.815 bits per heavy atom. The van der Waals surface area contributed by atoms with Gasteiger partial charge in [-0.15, -0.1) is 0 Å². The molecule has 1 aliphatic heterocycles. The highest BCUT2D eigenvalue weighted by Gasteiger charge is 2.55. The van der Waals surface area contributed by atoms with Crippen molar-refractivity contribution in [3.05, 3.63) is 0 Å². The molecule has 1 saturated heterocycles. The lowest BCUT2D eigenvalue weighted by Crippen LogP contribution is -2.47. The van der Waals surface area contributed by atoms with Gasteiger partial charge in [0.25, 0.3) is 0 Å². The van der Waals surface area contributed by atoms with Crippen molar-refractivity contribution in [2.75, 3.05) is 11.5 Å². The normalized spacial score (nSPS) is 36.9. The average molecular weight is 397 g/mol. The van der Waals surface area contributed by atoms with E-state index in [-0.39, 0.29) is 41.2 Å². The van der Waals surface area contributed by atoms with E-state index in [1.165, 1.54) is 32.1 Å². The number of amides is 2. The molecule has 0 aromatic rings. The second-order valence-electron chi connectivity index (χ2n) is 9.29. The highest BCUT2D eigenvalue weighted by molar-refractivity contribution is 7.91. The molecule has 4 aliphatic rings. The molecule has 4 fully saturated rings. The highest BCUT2D eigenvalue weighted by atomic mass is 32.2. The van der Waals surface area contributed by atoms with E-state index in [9.17, 15) is 18.0 Å². The molecule has 4 unspecified atom stereocenters. The lowest BCUT2D eigenvalue weighted by atomic mass is 9.78. The fourth-order valence-electron chi connectivity index (χ4n) is 5.61. The van der Waals surface area contributed by atoms with Crippen LogP contribution in [0.3, 0.4) is 0 Å². The smallest absolute Gasteiger partial charge is 0.224 e. The minimum absolute atomic E-state index is 0.0346. The molecule has 2 N–H and O–H groups in total. The van der Waals surface area contributed by atoms with Gasteiger partial charge in [0, 0.05) is 23.9 Å². The lowest BCUT2D eigenvalue weighted by Gasteiger charge is -2.31. The van der Waals surface area contributed by atoms with E-state index in [1.54, 1.807) is 0 Å². The van der Waals surface area contributed by atoms with Crippen LogP contribution in [0, 0.1) is 17.3 Å². The first-order valence-electron chi connectivity index (χ1n) is 10.7. The molecular formula is C20H32N2O4S. The molecule has 4 rings (SSSR count). The number of hydrogen-bond acceptors (Lipinski definition) is 4. The highest BCUT2D eigenvalue weighted by Crippen LogP contribution is 2.56. The number of hydrogen-bond donors (Lipinski definition) is 2. The zero-order valence-corrected chi connectivity index (χ0v) is 16.9. The SMILES string of the molecule is O=C(NC1CCS(=O)(=O)C1)C1CCCCC1C(=O)NC1CC12CCCCC2. The van der Waals surface area contributed by atoms with Crippen molar-refractivity contribution >= 4 is 21.7 Å². The van der Waals surface area contributed by atoms with Crippen LogP contribution >= 0.6 is 0 Å². The molecule has 0 radical (unpaired) electrons. The summed E-state index contributed by atoms with van der Waals surface area (Å²) in [6.45, 7) is 0. The van der Waals surface area contributed by atoms with E-state index in [1.807, 2.05) is 0 Å². The van der Waals surface area contributed by atoms with Crippen LogP contribution < -0.4 is 10.6 Å². The molecular weight excluding hydrogens is 364 g/mol. The predicted octanol–water partition coefficient (Wildman–Crippen LogP) is 1.94. The molecule has 3 saturated carbocycles. The maximum atomic E-state index is 12.9. The second-order valence-corrected chi connectivity index (χ2v) is 11.5. The van der Waals surface area contributed by atoms with Crippen LogP contribution in [-0.2, 0) is 19.4 Å². The molecule has 2 amide bonds. The zero-order chi connectivity index (χ0) is 19.1. The van der Waals surface area contributed by atoms with Crippen molar-refractivity contribution in [1.29, 1.82) is 0 Å². The van der Waals surface area contributed by atoms with Gasteiger partial charge in [0.1, 0.15) is 0 Å². The van der Waals surface area contributed by atoms with E-state index < -0.39 is 9.84 Å². The average Bonchev–Trinajstić information content (AvgIpc) is 3.16. The molecule has 1 spiro atoms. The Morgan fingerprint density at radius 3 is 2.04 bits per heavy atom. The number of rotatable bonds is 4. The van der Waals surface area contributed by atoms with Gasteiger partial charge in [-0.1, -0.05) is 32.1 Å². The molecule has 1 heterocycles. The van der Waals surface area contributed by atoms with E-state index in [4.69, 9.17) is 0 Å². The second kappa shape index (κ2) is 7.37. The van der Waals surface area contributed by atoms with E-state index >= 15 is 0 Å². The topological polar surface area (TPSA) is 92.3 Å². The Bertz CT molecular complexity index is 699. The molecule has 0 aromatic carbocycles. The third-order valence-electron chi connectivity index (χ3n) is 7.37. The standard InChI is InChI=1S/C20H32N2O4S/c23-18(21-14-8-11-27(25,26)13-14)15-6-2-3-7-16(15)19(24)22-17-12-20(17)9-4-1-5-10-20/h14-17H,1-13H2,(H,21,23)(H,22,24). The lowest BCUT2D eigenvalue weighted by molar-refractivity contribution is -0.137. The van der Waals surface area contributed by atoms with E-state index in [0.29, 0.717) is 17.9 Å². The van der Waals surface area contributed by atoms with Crippen molar-refractivity contribution in [2.24, 2.45) is 17.3 Å². The number of carbonyl (C=O) groups is 2. The summed E-state index contributed by atoms with van der Waals surface area (Å²) in [5, 5.41) is 6.18. The van der Waals surface area contributed by atoms with Gasteiger partial charge in [0.2, 0.25) is 11.8 Å². The van der Waals surface area contributed by atoms with Crippen LogP contribution in [-0.4, -0.2) is 43.8 Å². The van der Waals surface area contributed by atoms with Crippen molar-refractivity contribution < 1.29 is 18.0 Å². The first kappa shape index (κ1) is 19.2. The summed E-state index contributed by atoms with van der Waals surface area (Å²) in [4.78, 5) is 25.7. The van der Waals surface area contributed by atoms with Crippen LogP contribution in [0.25, 0.3) is 0 Å². The van der Waals surface area contributed by atoms with Crippen LogP contribution in [0.5, 0.6) is 0 Å². The van der Waals surface area contributed by atoms with Crippen LogP contribution in [0.1, 0.15) is 70.6 Å². The maximum absolute atomic E-state index is 12.9. The third-order valence-corrected chi connectivity index (χ3v) is 9.14. The van der Waals surface area contributed by atoms with Crippen LogP contribution in [0.15, 0.2) is 0 Å². The van der Waals surface area contributed by atoms with Gasteiger partial charge in [0.15, 0.2) is 9.84 Å². The third kappa shape index (κ3) is 4.17. The Hall–Kier alpha value is -1.11. The Balaban J connectivity index is 1.34. The maximum Gasteiger partial charge on any atom is 0.224 e. The Morgan fingerprint density at radius 2 is 1.44 bits per heavy atom. The van der Waals surface area contributed by atoms with Crippen molar-refractivity contribution in [2.45, 2.75) is 82.7 Å². The van der Waals surface area contributed by atoms with Gasteiger partial charge < -0.3 is 10.6 Å². The van der Waals surface area contributed by atoms with Crippen molar-refractivity contribution in [3.63, 3.8) is 0 Å². The molecule has 0 bridgehead atoms.